The first-order valence-electron chi connectivity index (χ1n) is 7.60. The van der Waals surface area contributed by atoms with E-state index in [2.05, 4.69) is 21.2 Å². The van der Waals surface area contributed by atoms with Crippen LogP contribution in [-0.2, 0) is 9.59 Å². The SMILES string of the molecule is Cc1ccc(/C=C/C(=O)N(C)CC(=O)Nc2ccccc2Br)cc1Cl. The molecule has 0 unspecified atom stereocenters. The summed E-state index contributed by atoms with van der Waals surface area (Å²) in [4.78, 5) is 25.6. The molecule has 2 aromatic rings. The van der Waals surface area contributed by atoms with Crippen molar-refractivity contribution < 1.29 is 9.59 Å². The molecular weight excluding hydrogens is 404 g/mol. The first kappa shape index (κ1) is 19.2. The minimum absolute atomic E-state index is 0.0425. The fourth-order valence-corrected chi connectivity index (χ4v) is 2.63. The van der Waals surface area contributed by atoms with Crippen molar-refractivity contribution in [3.8, 4) is 0 Å². The lowest BCUT2D eigenvalue weighted by Crippen LogP contribution is -2.33. The number of amides is 2. The first-order chi connectivity index (χ1) is 11.9. The third-order valence-electron chi connectivity index (χ3n) is 3.52. The highest BCUT2D eigenvalue weighted by Gasteiger charge is 2.11. The zero-order valence-electron chi connectivity index (χ0n) is 13.9. The van der Waals surface area contributed by atoms with Crippen molar-refractivity contribution in [2.75, 3.05) is 18.9 Å². The Labute approximate surface area is 160 Å². The molecule has 25 heavy (non-hydrogen) atoms. The van der Waals surface area contributed by atoms with Gasteiger partial charge in [-0.1, -0.05) is 35.9 Å². The minimum Gasteiger partial charge on any atom is -0.333 e. The number of benzene rings is 2. The molecule has 1 N–H and O–H groups in total. The van der Waals surface area contributed by atoms with Crippen molar-refractivity contribution >= 4 is 51.1 Å². The smallest absolute Gasteiger partial charge is 0.246 e. The van der Waals surface area contributed by atoms with Gasteiger partial charge in [-0.3, -0.25) is 9.59 Å². The van der Waals surface area contributed by atoms with Crippen LogP contribution in [0, 0.1) is 6.92 Å². The molecule has 0 spiro atoms. The fraction of sp³-hybridized carbons (Fsp3) is 0.158. The highest BCUT2D eigenvalue weighted by molar-refractivity contribution is 9.10. The van der Waals surface area contributed by atoms with Crippen LogP contribution < -0.4 is 5.32 Å². The molecule has 0 aliphatic carbocycles. The lowest BCUT2D eigenvalue weighted by Gasteiger charge is -2.15. The average Bonchev–Trinajstić information content (AvgIpc) is 2.57. The van der Waals surface area contributed by atoms with Gasteiger partial charge >= 0.3 is 0 Å². The molecule has 4 nitrogen and oxygen atoms in total. The quantitative estimate of drug-likeness (QED) is 0.722. The van der Waals surface area contributed by atoms with E-state index < -0.39 is 0 Å². The van der Waals surface area contributed by atoms with Gasteiger partial charge in [0.1, 0.15) is 0 Å². The Bertz CT molecular complexity index is 821. The van der Waals surface area contributed by atoms with Crippen LogP contribution >= 0.6 is 27.5 Å². The third kappa shape index (κ3) is 5.73. The summed E-state index contributed by atoms with van der Waals surface area (Å²) in [5.41, 5.74) is 2.47. The number of nitrogens with zero attached hydrogens (tertiary/aromatic N) is 1. The number of nitrogens with one attached hydrogen (secondary N) is 1. The van der Waals surface area contributed by atoms with Gasteiger partial charge in [-0.05, 0) is 58.3 Å². The molecule has 0 aliphatic heterocycles. The maximum absolute atomic E-state index is 12.1. The highest BCUT2D eigenvalue weighted by Crippen LogP contribution is 2.21. The monoisotopic (exact) mass is 420 g/mol. The summed E-state index contributed by atoms with van der Waals surface area (Å²) in [6.45, 7) is 1.87. The largest absolute Gasteiger partial charge is 0.333 e. The molecule has 2 amide bonds. The van der Waals surface area contributed by atoms with Crippen molar-refractivity contribution in [3.05, 3.63) is 69.2 Å². The van der Waals surface area contributed by atoms with Gasteiger partial charge in [0, 0.05) is 22.6 Å². The second-order valence-electron chi connectivity index (χ2n) is 5.56. The van der Waals surface area contributed by atoms with Crippen molar-refractivity contribution in [1.29, 1.82) is 0 Å². The lowest BCUT2D eigenvalue weighted by molar-refractivity contribution is -0.129. The van der Waals surface area contributed by atoms with E-state index in [9.17, 15) is 9.59 Å². The van der Waals surface area contributed by atoms with E-state index in [1.807, 2.05) is 37.3 Å². The highest BCUT2D eigenvalue weighted by atomic mass is 79.9. The summed E-state index contributed by atoms with van der Waals surface area (Å²) < 4.78 is 0.786. The molecular formula is C19H18BrClN2O2. The van der Waals surface area contributed by atoms with Crippen molar-refractivity contribution in [1.82, 2.24) is 4.90 Å². The molecule has 0 atom stereocenters. The second kappa shape index (κ2) is 8.83. The van der Waals surface area contributed by atoms with Crippen LogP contribution in [0.5, 0.6) is 0 Å². The van der Waals surface area contributed by atoms with Crippen LogP contribution in [-0.4, -0.2) is 30.3 Å². The van der Waals surface area contributed by atoms with Gasteiger partial charge in [0.25, 0.3) is 0 Å². The first-order valence-corrected chi connectivity index (χ1v) is 8.77. The van der Waals surface area contributed by atoms with Crippen LogP contribution in [0.15, 0.2) is 53.0 Å². The molecule has 0 saturated carbocycles. The molecule has 0 aliphatic rings. The topological polar surface area (TPSA) is 49.4 Å². The van der Waals surface area contributed by atoms with Crippen LogP contribution in [0.1, 0.15) is 11.1 Å². The Morgan fingerprint density at radius 3 is 2.64 bits per heavy atom. The Morgan fingerprint density at radius 1 is 1.24 bits per heavy atom. The number of halogens is 2. The standard InChI is InChI=1S/C19H18BrClN2O2/c1-13-7-8-14(11-16(13)21)9-10-19(25)23(2)12-18(24)22-17-6-4-3-5-15(17)20/h3-11H,12H2,1-2H3,(H,22,24)/b10-9+. The van der Waals surface area contributed by atoms with Gasteiger partial charge in [0.15, 0.2) is 0 Å². The van der Waals surface area contributed by atoms with Gasteiger partial charge < -0.3 is 10.2 Å². The Balaban J connectivity index is 1.93. The molecule has 6 heteroatoms. The summed E-state index contributed by atoms with van der Waals surface area (Å²) in [5.74, 6) is -0.534. The van der Waals surface area contributed by atoms with Crippen molar-refractivity contribution in [2.24, 2.45) is 0 Å². The van der Waals surface area contributed by atoms with Crippen LogP contribution in [0.4, 0.5) is 5.69 Å². The Hall–Kier alpha value is -2.11. The van der Waals surface area contributed by atoms with Crippen molar-refractivity contribution in [2.45, 2.75) is 6.92 Å². The third-order valence-corrected chi connectivity index (χ3v) is 4.62. The maximum Gasteiger partial charge on any atom is 0.246 e. The Morgan fingerprint density at radius 2 is 1.96 bits per heavy atom. The van der Waals surface area contributed by atoms with E-state index in [0.717, 1.165) is 15.6 Å². The number of hydrogen-bond donors (Lipinski definition) is 1. The number of anilines is 1. The van der Waals surface area contributed by atoms with E-state index in [0.29, 0.717) is 10.7 Å². The predicted octanol–water partition coefficient (Wildman–Crippen LogP) is 4.52. The number of likely N-dealkylation sites (N-methyl/N-ethyl adjacent to an activating group) is 1. The Kier molecular flexibility index (Phi) is 6.79. The summed E-state index contributed by atoms with van der Waals surface area (Å²) in [7, 11) is 1.58. The molecule has 130 valence electrons. The predicted molar refractivity (Wildman–Crippen MR) is 106 cm³/mol. The van der Waals surface area contributed by atoms with Gasteiger partial charge in [-0.25, -0.2) is 0 Å². The van der Waals surface area contributed by atoms with E-state index in [1.54, 1.807) is 25.3 Å². The fourth-order valence-electron chi connectivity index (χ4n) is 2.05. The summed E-state index contributed by atoms with van der Waals surface area (Å²) in [6, 6.07) is 12.9. The van der Waals surface area contributed by atoms with Crippen LogP contribution in [0.25, 0.3) is 6.08 Å². The van der Waals surface area contributed by atoms with E-state index in [1.165, 1.54) is 11.0 Å². The van der Waals surface area contributed by atoms with E-state index in [4.69, 9.17) is 11.6 Å². The number of carbonyl (C=O) groups excluding carboxylic acids is 2. The molecule has 0 bridgehead atoms. The number of para-hydroxylation sites is 1. The van der Waals surface area contributed by atoms with Crippen molar-refractivity contribution in [3.63, 3.8) is 0 Å². The zero-order chi connectivity index (χ0) is 18.4. The molecule has 0 radical (unpaired) electrons. The second-order valence-corrected chi connectivity index (χ2v) is 6.83. The lowest BCUT2D eigenvalue weighted by atomic mass is 10.1. The molecule has 0 aromatic heterocycles. The van der Waals surface area contributed by atoms with Gasteiger partial charge in [0.2, 0.25) is 11.8 Å². The molecule has 0 heterocycles. The maximum atomic E-state index is 12.1. The number of aryl methyl sites for hydroxylation is 1. The van der Waals surface area contributed by atoms with Gasteiger partial charge in [-0.15, -0.1) is 0 Å². The number of rotatable bonds is 5. The summed E-state index contributed by atoms with van der Waals surface area (Å²) in [6.07, 6.45) is 3.10. The number of carbonyl (C=O) groups is 2. The molecule has 2 aromatic carbocycles. The van der Waals surface area contributed by atoms with Gasteiger partial charge in [-0.2, -0.15) is 0 Å². The van der Waals surface area contributed by atoms with Gasteiger partial charge in [0.05, 0.1) is 12.2 Å². The summed E-state index contributed by atoms with van der Waals surface area (Å²) in [5, 5.41) is 3.41. The normalized spacial score (nSPS) is 10.7. The van der Waals surface area contributed by atoms with Crippen LogP contribution in [0.3, 0.4) is 0 Å². The molecule has 0 fully saturated rings. The minimum atomic E-state index is -0.269. The number of hydrogen-bond acceptors (Lipinski definition) is 2. The zero-order valence-corrected chi connectivity index (χ0v) is 16.3. The summed E-state index contributed by atoms with van der Waals surface area (Å²) >= 11 is 9.43. The van der Waals surface area contributed by atoms with E-state index >= 15 is 0 Å². The molecule has 2 rings (SSSR count). The van der Waals surface area contributed by atoms with Crippen LogP contribution in [0.2, 0.25) is 5.02 Å². The van der Waals surface area contributed by atoms with E-state index in [-0.39, 0.29) is 18.4 Å². The molecule has 0 saturated heterocycles. The average molecular weight is 422 g/mol.